The van der Waals surface area contributed by atoms with Crippen LogP contribution in [-0.2, 0) is 0 Å². The number of ether oxygens (including phenoxy) is 2. The second-order valence-corrected chi connectivity index (χ2v) is 6.98. The molecule has 2 aromatic carbocycles. The van der Waals surface area contributed by atoms with E-state index < -0.39 is 5.82 Å². The van der Waals surface area contributed by atoms with Crippen molar-refractivity contribution in [2.75, 3.05) is 25.6 Å². The number of nitrogens with one attached hydrogen (secondary N) is 2. The van der Waals surface area contributed by atoms with Gasteiger partial charge in [0.1, 0.15) is 18.8 Å². The van der Waals surface area contributed by atoms with E-state index in [1.807, 2.05) is 6.07 Å². The molecule has 2 N–H and O–H groups in total. The summed E-state index contributed by atoms with van der Waals surface area (Å²) in [6.45, 7) is 1.55. The summed E-state index contributed by atoms with van der Waals surface area (Å²) in [6.07, 6.45) is 3.64. The first-order valence-electron chi connectivity index (χ1n) is 9.05. The van der Waals surface area contributed by atoms with Crippen LogP contribution in [0.4, 0.5) is 15.9 Å². The van der Waals surface area contributed by atoms with Gasteiger partial charge in [-0.3, -0.25) is 0 Å². The molecule has 1 aromatic heterocycles. The number of benzene rings is 2. The lowest BCUT2D eigenvalue weighted by Crippen LogP contribution is -2.28. The fourth-order valence-corrected chi connectivity index (χ4v) is 3.43. The summed E-state index contributed by atoms with van der Waals surface area (Å²) in [5.41, 5.74) is 0.893. The first-order valence-corrected chi connectivity index (χ1v) is 9.43. The number of rotatable bonds is 6. The van der Waals surface area contributed by atoms with Crippen molar-refractivity contribution in [1.29, 1.82) is 0 Å². The highest BCUT2D eigenvalue weighted by Crippen LogP contribution is 2.35. The minimum absolute atomic E-state index is 0.0399. The van der Waals surface area contributed by atoms with Crippen molar-refractivity contribution in [3.8, 4) is 11.5 Å². The van der Waals surface area contributed by atoms with E-state index in [1.165, 1.54) is 12.4 Å². The molecule has 0 bridgehead atoms. The summed E-state index contributed by atoms with van der Waals surface area (Å²) in [7, 11) is 1.59. The van der Waals surface area contributed by atoms with Crippen LogP contribution in [0.5, 0.6) is 11.5 Å². The zero-order chi connectivity index (χ0) is 19.5. The molecule has 1 fully saturated rings. The quantitative estimate of drug-likeness (QED) is 0.640. The fourth-order valence-electron chi connectivity index (χ4n) is 3.25. The highest BCUT2D eigenvalue weighted by Gasteiger charge is 2.17. The Morgan fingerprint density at radius 1 is 1.29 bits per heavy atom. The molecule has 8 heteroatoms. The Morgan fingerprint density at radius 3 is 2.96 bits per heavy atom. The second kappa shape index (κ2) is 8.16. The summed E-state index contributed by atoms with van der Waals surface area (Å²) in [6, 6.07) is 8.69. The lowest BCUT2D eigenvalue weighted by Gasteiger charge is -2.16. The highest BCUT2D eigenvalue weighted by molar-refractivity contribution is 6.31. The standard InChI is InChI=1S/C20H20ClFN4O2/c1-27-17-9-16-13(8-18(17)28-10-12-4-3-7-23-12)20(25-11-24-16)26-15-6-2-5-14(21)19(15)22/h2,5-6,8-9,11-12,23H,3-4,7,10H2,1H3,(H,24,25,26)/t12-/m1/s1. The minimum Gasteiger partial charge on any atom is -0.493 e. The first-order chi connectivity index (χ1) is 13.7. The minimum atomic E-state index is -0.534. The number of hydrogen-bond donors (Lipinski definition) is 2. The van der Waals surface area contributed by atoms with Crippen LogP contribution in [0.15, 0.2) is 36.7 Å². The summed E-state index contributed by atoms with van der Waals surface area (Å²) in [4.78, 5) is 8.56. The molecule has 4 rings (SSSR count). The number of methoxy groups -OCH3 is 1. The summed E-state index contributed by atoms with van der Waals surface area (Å²) >= 11 is 5.88. The number of halogens is 2. The van der Waals surface area contributed by atoms with Crippen LogP contribution in [0.3, 0.4) is 0 Å². The van der Waals surface area contributed by atoms with E-state index in [-0.39, 0.29) is 10.7 Å². The third-order valence-electron chi connectivity index (χ3n) is 4.73. The highest BCUT2D eigenvalue weighted by atomic mass is 35.5. The lowest BCUT2D eigenvalue weighted by atomic mass is 10.2. The van der Waals surface area contributed by atoms with Crippen LogP contribution in [-0.4, -0.2) is 36.3 Å². The van der Waals surface area contributed by atoms with Gasteiger partial charge >= 0.3 is 0 Å². The van der Waals surface area contributed by atoms with Gasteiger partial charge in [0, 0.05) is 17.5 Å². The molecule has 0 saturated carbocycles. The molecule has 0 spiro atoms. The van der Waals surface area contributed by atoms with Crippen LogP contribution in [0, 0.1) is 5.82 Å². The van der Waals surface area contributed by atoms with Crippen LogP contribution in [0.2, 0.25) is 5.02 Å². The van der Waals surface area contributed by atoms with E-state index in [0.29, 0.717) is 40.9 Å². The Bertz CT molecular complexity index is 995. The van der Waals surface area contributed by atoms with E-state index >= 15 is 0 Å². The number of nitrogens with zero attached hydrogens (tertiary/aromatic N) is 2. The molecule has 1 atom stereocenters. The smallest absolute Gasteiger partial charge is 0.165 e. The third-order valence-corrected chi connectivity index (χ3v) is 5.02. The molecule has 28 heavy (non-hydrogen) atoms. The van der Waals surface area contributed by atoms with Crippen LogP contribution in [0.25, 0.3) is 10.9 Å². The fraction of sp³-hybridized carbons (Fsp3) is 0.300. The zero-order valence-electron chi connectivity index (χ0n) is 15.3. The van der Waals surface area contributed by atoms with Gasteiger partial charge < -0.3 is 20.1 Å². The van der Waals surface area contributed by atoms with Crippen molar-refractivity contribution in [1.82, 2.24) is 15.3 Å². The van der Waals surface area contributed by atoms with Crippen molar-refractivity contribution in [2.24, 2.45) is 0 Å². The van der Waals surface area contributed by atoms with E-state index in [1.54, 1.807) is 25.3 Å². The van der Waals surface area contributed by atoms with Crippen molar-refractivity contribution in [3.63, 3.8) is 0 Å². The Labute approximate surface area is 167 Å². The van der Waals surface area contributed by atoms with Crippen LogP contribution in [0.1, 0.15) is 12.8 Å². The molecule has 1 saturated heterocycles. The zero-order valence-corrected chi connectivity index (χ0v) is 16.1. The first kappa shape index (κ1) is 18.7. The van der Waals surface area contributed by atoms with Gasteiger partial charge in [-0.1, -0.05) is 17.7 Å². The van der Waals surface area contributed by atoms with Crippen LogP contribution >= 0.6 is 11.6 Å². The Morgan fingerprint density at radius 2 is 2.18 bits per heavy atom. The van der Waals surface area contributed by atoms with E-state index in [0.717, 1.165) is 19.4 Å². The molecule has 1 aliphatic heterocycles. The Kier molecular flexibility index (Phi) is 5.45. The van der Waals surface area contributed by atoms with Crippen LogP contribution < -0.4 is 20.1 Å². The molecule has 0 unspecified atom stereocenters. The maximum Gasteiger partial charge on any atom is 0.165 e. The maximum absolute atomic E-state index is 14.3. The average Bonchev–Trinajstić information content (AvgIpc) is 3.23. The predicted octanol–water partition coefficient (Wildman–Crippen LogP) is 4.31. The lowest BCUT2D eigenvalue weighted by molar-refractivity contribution is 0.263. The molecule has 1 aliphatic rings. The molecule has 0 aliphatic carbocycles. The van der Waals surface area contributed by atoms with Gasteiger partial charge in [-0.15, -0.1) is 0 Å². The predicted molar refractivity (Wildman–Crippen MR) is 107 cm³/mol. The number of hydrogen-bond acceptors (Lipinski definition) is 6. The molecular formula is C20H20ClFN4O2. The van der Waals surface area contributed by atoms with Gasteiger partial charge in [0.2, 0.25) is 0 Å². The largest absolute Gasteiger partial charge is 0.493 e. The molecule has 3 aromatic rings. The van der Waals surface area contributed by atoms with Crippen molar-refractivity contribution < 1.29 is 13.9 Å². The topological polar surface area (TPSA) is 68.3 Å². The third kappa shape index (κ3) is 3.81. The number of anilines is 2. The second-order valence-electron chi connectivity index (χ2n) is 6.57. The molecule has 146 valence electrons. The van der Waals surface area contributed by atoms with E-state index in [4.69, 9.17) is 21.1 Å². The SMILES string of the molecule is COc1cc2ncnc(Nc3cccc(Cl)c3F)c2cc1OC[C@H]1CCCN1. The summed E-state index contributed by atoms with van der Waals surface area (Å²) < 4.78 is 25.7. The van der Waals surface area contributed by atoms with E-state index in [2.05, 4.69) is 20.6 Å². The molecule has 0 radical (unpaired) electrons. The normalized spacial score (nSPS) is 16.3. The molecule has 2 heterocycles. The number of fused-ring (bicyclic) bond motifs is 1. The molecular weight excluding hydrogens is 383 g/mol. The Balaban J connectivity index is 1.68. The molecule has 0 amide bonds. The molecule has 6 nitrogen and oxygen atoms in total. The van der Waals surface area contributed by atoms with Gasteiger partial charge in [0.15, 0.2) is 17.3 Å². The average molecular weight is 403 g/mol. The van der Waals surface area contributed by atoms with Crippen molar-refractivity contribution in [2.45, 2.75) is 18.9 Å². The number of aromatic nitrogens is 2. The van der Waals surface area contributed by atoms with Gasteiger partial charge in [-0.25, -0.2) is 14.4 Å². The van der Waals surface area contributed by atoms with Crippen molar-refractivity contribution in [3.05, 3.63) is 47.5 Å². The van der Waals surface area contributed by atoms with Gasteiger partial charge in [-0.05, 0) is 37.6 Å². The van der Waals surface area contributed by atoms with Gasteiger partial charge in [0.05, 0.1) is 23.3 Å². The van der Waals surface area contributed by atoms with E-state index in [9.17, 15) is 4.39 Å². The van der Waals surface area contributed by atoms with Gasteiger partial charge in [0.25, 0.3) is 0 Å². The maximum atomic E-state index is 14.3. The Hall–Kier alpha value is -2.64. The monoisotopic (exact) mass is 402 g/mol. The summed E-state index contributed by atoms with van der Waals surface area (Å²) in [5.74, 6) is 1.10. The van der Waals surface area contributed by atoms with Gasteiger partial charge in [-0.2, -0.15) is 0 Å². The summed E-state index contributed by atoms with van der Waals surface area (Å²) in [5, 5.41) is 7.13. The van der Waals surface area contributed by atoms with Crippen molar-refractivity contribution >= 4 is 34.0 Å².